The van der Waals surface area contributed by atoms with Gasteiger partial charge in [-0.3, -0.25) is 9.52 Å². The van der Waals surface area contributed by atoms with E-state index in [0.29, 0.717) is 11.5 Å². The van der Waals surface area contributed by atoms with Crippen molar-refractivity contribution < 1.29 is 27.1 Å². The first-order valence-electron chi connectivity index (χ1n) is 9.56. The van der Waals surface area contributed by atoms with Crippen molar-refractivity contribution in [3.8, 4) is 11.5 Å². The molecule has 0 saturated heterocycles. The standard InChI is InChI=1S/C22H18ClFN2O5S/c23-18-10-5-14(11-19(18)26-32(28,29)17-8-6-15(24)7-9-17)22(27)25-12-16-13-30-20-3-1-2-4-21(20)31-16/h1-11,16,26H,12-13H2,(H,25,27)/t16-/m1/s1. The van der Waals surface area contributed by atoms with Crippen molar-refractivity contribution in [2.24, 2.45) is 0 Å². The second-order valence-electron chi connectivity index (χ2n) is 6.96. The number of para-hydroxylation sites is 2. The Morgan fingerprint density at radius 2 is 1.78 bits per heavy atom. The first-order chi connectivity index (χ1) is 15.3. The van der Waals surface area contributed by atoms with Crippen molar-refractivity contribution in [3.63, 3.8) is 0 Å². The summed E-state index contributed by atoms with van der Waals surface area (Å²) >= 11 is 6.11. The average Bonchev–Trinajstić information content (AvgIpc) is 2.79. The van der Waals surface area contributed by atoms with Gasteiger partial charge in [-0.15, -0.1) is 0 Å². The molecule has 4 rings (SSSR count). The summed E-state index contributed by atoms with van der Waals surface area (Å²) in [4.78, 5) is 12.5. The molecule has 1 aliphatic heterocycles. The number of benzene rings is 3. The molecule has 7 nitrogen and oxygen atoms in total. The Kier molecular flexibility index (Phi) is 6.20. The number of nitrogens with one attached hydrogen (secondary N) is 2. The molecule has 1 heterocycles. The quantitative estimate of drug-likeness (QED) is 0.563. The van der Waals surface area contributed by atoms with Crippen LogP contribution in [0.4, 0.5) is 10.1 Å². The van der Waals surface area contributed by atoms with Crippen molar-refractivity contribution >= 4 is 33.2 Å². The van der Waals surface area contributed by atoms with Crippen LogP contribution in [-0.4, -0.2) is 33.6 Å². The van der Waals surface area contributed by atoms with Crippen LogP contribution in [0.2, 0.25) is 5.02 Å². The summed E-state index contributed by atoms with van der Waals surface area (Å²) in [5, 5.41) is 2.85. The molecule has 10 heteroatoms. The number of hydrogen-bond donors (Lipinski definition) is 2. The van der Waals surface area contributed by atoms with Gasteiger partial charge in [-0.05, 0) is 54.6 Å². The largest absolute Gasteiger partial charge is 0.486 e. The van der Waals surface area contributed by atoms with Gasteiger partial charge in [0.15, 0.2) is 11.5 Å². The molecule has 0 saturated carbocycles. The Hall–Kier alpha value is -3.30. The highest BCUT2D eigenvalue weighted by molar-refractivity contribution is 7.92. The smallest absolute Gasteiger partial charge is 0.261 e. The van der Waals surface area contributed by atoms with Crippen molar-refractivity contribution in [3.05, 3.63) is 83.1 Å². The Bertz CT molecular complexity index is 1250. The van der Waals surface area contributed by atoms with Gasteiger partial charge in [-0.2, -0.15) is 0 Å². The molecule has 3 aromatic rings. The third-order valence-electron chi connectivity index (χ3n) is 4.65. The second kappa shape index (κ2) is 9.05. The van der Waals surface area contributed by atoms with E-state index in [4.69, 9.17) is 21.1 Å². The zero-order valence-electron chi connectivity index (χ0n) is 16.5. The zero-order chi connectivity index (χ0) is 22.7. The molecule has 1 amide bonds. The Balaban J connectivity index is 1.43. The van der Waals surface area contributed by atoms with E-state index in [1.54, 1.807) is 12.1 Å². The summed E-state index contributed by atoms with van der Waals surface area (Å²) < 4.78 is 52.0. The number of carbonyl (C=O) groups excluding carboxylic acids is 1. The van der Waals surface area contributed by atoms with Gasteiger partial charge in [0.05, 0.1) is 22.2 Å². The van der Waals surface area contributed by atoms with Gasteiger partial charge in [0, 0.05) is 5.56 Å². The third kappa shape index (κ3) is 4.95. The number of carbonyl (C=O) groups is 1. The van der Waals surface area contributed by atoms with Crippen LogP contribution in [0.5, 0.6) is 11.5 Å². The molecule has 0 aliphatic carbocycles. The molecule has 0 spiro atoms. The van der Waals surface area contributed by atoms with Crippen LogP contribution in [-0.2, 0) is 10.0 Å². The Labute approximate surface area is 189 Å². The fraction of sp³-hybridized carbons (Fsp3) is 0.136. The maximum atomic E-state index is 13.1. The normalized spacial score (nSPS) is 15.1. The molecule has 166 valence electrons. The van der Waals surface area contributed by atoms with E-state index in [1.807, 2.05) is 12.1 Å². The molecule has 3 aromatic carbocycles. The predicted molar refractivity (Wildman–Crippen MR) is 117 cm³/mol. The molecule has 0 aromatic heterocycles. The van der Waals surface area contributed by atoms with Gasteiger partial charge in [0.1, 0.15) is 18.5 Å². The SMILES string of the molecule is O=C(NC[C@@H]1COc2ccccc2O1)c1ccc(Cl)c(NS(=O)(=O)c2ccc(F)cc2)c1. The first-order valence-corrected chi connectivity index (χ1v) is 11.4. The van der Waals surface area contributed by atoms with Crippen LogP contribution in [0.3, 0.4) is 0 Å². The lowest BCUT2D eigenvalue weighted by atomic mass is 10.2. The molecule has 1 atom stereocenters. The van der Waals surface area contributed by atoms with Crippen LogP contribution in [0, 0.1) is 5.82 Å². The van der Waals surface area contributed by atoms with Crippen molar-refractivity contribution in [1.82, 2.24) is 5.32 Å². The first kappa shape index (κ1) is 21.9. The summed E-state index contributed by atoms with van der Waals surface area (Å²) in [5.74, 6) is 0.246. The summed E-state index contributed by atoms with van der Waals surface area (Å²) in [7, 11) is -4.02. The lowest BCUT2D eigenvalue weighted by Crippen LogP contribution is -2.40. The second-order valence-corrected chi connectivity index (χ2v) is 9.05. The average molecular weight is 477 g/mol. The highest BCUT2D eigenvalue weighted by Gasteiger charge is 2.22. The number of rotatable bonds is 6. The van der Waals surface area contributed by atoms with E-state index >= 15 is 0 Å². The minimum atomic E-state index is -4.02. The number of ether oxygens (including phenoxy) is 2. The van der Waals surface area contributed by atoms with Crippen LogP contribution in [0.1, 0.15) is 10.4 Å². The van der Waals surface area contributed by atoms with E-state index in [9.17, 15) is 17.6 Å². The maximum absolute atomic E-state index is 13.1. The molecule has 0 unspecified atom stereocenters. The Morgan fingerprint density at radius 3 is 2.53 bits per heavy atom. The fourth-order valence-electron chi connectivity index (χ4n) is 3.03. The zero-order valence-corrected chi connectivity index (χ0v) is 18.1. The molecule has 0 fully saturated rings. The van der Waals surface area contributed by atoms with E-state index in [0.717, 1.165) is 24.3 Å². The van der Waals surface area contributed by atoms with Crippen molar-refractivity contribution in [1.29, 1.82) is 0 Å². The highest BCUT2D eigenvalue weighted by Crippen LogP contribution is 2.31. The fourth-order valence-corrected chi connectivity index (χ4v) is 4.33. The topological polar surface area (TPSA) is 93.7 Å². The van der Waals surface area contributed by atoms with Gasteiger partial charge in [-0.25, -0.2) is 12.8 Å². The summed E-state index contributed by atoms with van der Waals surface area (Å²) in [6.07, 6.45) is -0.377. The predicted octanol–water partition coefficient (Wildman–Crippen LogP) is 3.85. The number of anilines is 1. The van der Waals surface area contributed by atoms with Gasteiger partial charge < -0.3 is 14.8 Å². The molecular formula is C22H18ClFN2O5S. The van der Waals surface area contributed by atoms with Gasteiger partial charge in [0.2, 0.25) is 0 Å². The van der Waals surface area contributed by atoms with E-state index in [-0.39, 0.29) is 40.4 Å². The number of halogens is 2. The van der Waals surface area contributed by atoms with E-state index in [1.165, 1.54) is 18.2 Å². The Morgan fingerprint density at radius 1 is 1.06 bits per heavy atom. The third-order valence-corrected chi connectivity index (χ3v) is 6.37. The molecule has 32 heavy (non-hydrogen) atoms. The minimum Gasteiger partial charge on any atom is -0.486 e. The number of amides is 1. The molecule has 0 bridgehead atoms. The van der Waals surface area contributed by atoms with Crippen molar-refractivity contribution in [2.45, 2.75) is 11.0 Å². The lowest BCUT2D eigenvalue weighted by molar-refractivity contribution is 0.0789. The summed E-state index contributed by atoms with van der Waals surface area (Å²) in [6.45, 7) is 0.465. The summed E-state index contributed by atoms with van der Waals surface area (Å²) in [5.41, 5.74) is 0.221. The van der Waals surface area contributed by atoms with Crippen molar-refractivity contribution in [2.75, 3.05) is 17.9 Å². The number of hydrogen-bond acceptors (Lipinski definition) is 5. The van der Waals surface area contributed by atoms with Crippen LogP contribution < -0.4 is 19.5 Å². The number of sulfonamides is 1. The number of fused-ring (bicyclic) bond motifs is 1. The van der Waals surface area contributed by atoms with Crippen LogP contribution in [0.15, 0.2) is 71.6 Å². The lowest BCUT2D eigenvalue weighted by Gasteiger charge is -2.26. The molecule has 1 aliphatic rings. The van der Waals surface area contributed by atoms with E-state index < -0.39 is 21.7 Å². The maximum Gasteiger partial charge on any atom is 0.261 e. The highest BCUT2D eigenvalue weighted by atomic mass is 35.5. The van der Waals surface area contributed by atoms with Crippen LogP contribution >= 0.6 is 11.6 Å². The van der Waals surface area contributed by atoms with Gasteiger partial charge in [-0.1, -0.05) is 23.7 Å². The van der Waals surface area contributed by atoms with Crippen LogP contribution in [0.25, 0.3) is 0 Å². The molecule has 2 N–H and O–H groups in total. The van der Waals surface area contributed by atoms with E-state index in [2.05, 4.69) is 10.0 Å². The minimum absolute atomic E-state index is 0.0230. The van der Waals surface area contributed by atoms with Gasteiger partial charge >= 0.3 is 0 Å². The molecule has 0 radical (unpaired) electrons. The summed E-state index contributed by atoms with van der Waals surface area (Å²) in [6, 6.07) is 15.8. The molecular weight excluding hydrogens is 459 g/mol. The van der Waals surface area contributed by atoms with Gasteiger partial charge in [0.25, 0.3) is 15.9 Å². The monoisotopic (exact) mass is 476 g/mol.